The molecule has 1 aromatic carbocycles. The Hall–Kier alpha value is -2.05. The molecule has 7 heteroatoms. The largest absolute Gasteiger partial charge is 0.457 e. The second kappa shape index (κ2) is 8.36. The molecule has 0 unspecified atom stereocenters. The highest BCUT2D eigenvalue weighted by atomic mass is 35.5. The molecule has 25 heavy (non-hydrogen) atoms. The van der Waals surface area contributed by atoms with E-state index in [0.717, 1.165) is 4.90 Å². The van der Waals surface area contributed by atoms with Crippen LogP contribution in [0, 0.1) is 13.8 Å². The third-order valence-corrected chi connectivity index (χ3v) is 5.10. The highest BCUT2D eigenvalue weighted by Gasteiger charge is 2.20. The molecular weight excluding hydrogens is 362 g/mol. The number of H-pyrrole nitrogens is 1. The molecule has 1 N–H and O–H groups in total. The molecule has 0 fully saturated rings. The van der Waals surface area contributed by atoms with E-state index in [1.54, 1.807) is 32.0 Å². The molecule has 1 aromatic heterocycles. The molecule has 2 rings (SSSR count). The standard InChI is InChI=1S/C18H18ClNO4S/c1-10-17(12(3)21)11(2)20-18(10)14(22)8-24-16(23)9-25-15-7-5-4-6-13(15)19/h4-7,20H,8-9H2,1-3H3. The summed E-state index contributed by atoms with van der Waals surface area (Å²) in [7, 11) is 0. The van der Waals surface area contributed by atoms with Crippen LogP contribution >= 0.6 is 23.4 Å². The first-order valence-corrected chi connectivity index (χ1v) is 8.93. The summed E-state index contributed by atoms with van der Waals surface area (Å²) in [4.78, 5) is 39.3. The number of carbonyl (C=O) groups is 3. The van der Waals surface area contributed by atoms with Crippen molar-refractivity contribution in [3.63, 3.8) is 0 Å². The normalized spacial score (nSPS) is 10.6. The number of aromatic amines is 1. The Kier molecular flexibility index (Phi) is 6.45. The molecule has 0 bridgehead atoms. The lowest BCUT2D eigenvalue weighted by Crippen LogP contribution is -2.16. The van der Waals surface area contributed by atoms with Crippen molar-refractivity contribution >= 4 is 40.9 Å². The van der Waals surface area contributed by atoms with Crippen LogP contribution in [0.5, 0.6) is 0 Å². The topological polar surface area (TPSA) is 76.2 Å². The number of nitrogens with one attached hydrogen (secondary N) is 1. The van der Waals surface area contributed by atoms with Gasteiger partial charge in [-0.15, -0.1) is 11.8 Å². The second-order valence-electron chi connectivity index (χ2n) is 5.48. The summed E-state index contributed by atoms with van der Waals surface area (Å²) in [5.74, 6) is -0.938. The van der Waals surface area contributed by atoms with Gasteiger partial charge in [-0.3, -0.25) is 14.4 Å². The van der Waals surface area contributed by atoms with Gasteiger partial charge >= 0.3 is 5.97 Å². The lowest BCUT2D eigenvalue weighted by Gasteiger charge is -2.05. The smallest absolute Gasteiger partial charge is 0.316 e. The molecule has 5 nitrogen and oxygen atoms in total. The van der Waals surface area contributed by atoms with Gasteiger partial charge in [0.2, 0.25) is 5.78 Å². The number of ether oxygens (including phenoxy) is 1. The van der Waals surface area contributed by atoms with Crippen LogP contribution in [0.4, 0.5) is 0 Å². The molecule has 2 aromatic rings. The van der Waals surface area contributed by atoms with Crippen LogP contribution in [0.1, 0.15) is 39.0 Å². The molecule has 0 saturated heterocycles. The van der Waals surface area contributed by atoms with Crippen LogP contribution in [0.2, 0.25) is 5.02 Å². The molecule has 0 saturated carbocycles. The fourth-order valence-corrected chi connectivity index (χ4v) is 3.55. The summed E-state index contributed by atoms with van der Waals surface area (Å²) in [6.07, 6.45) is 0. The molecule has 0 aliphatic heterocycles. The van der Waals surface area contributed by atoms with Crippen molar-refractivity contribution in [3.8, 4) is 0 Å². The predicted molar refractivity (Wildman–Crippen MR) is 97.7 cm³/mol. The minimum absolute atomic E-state index is 0.0540. The third-order valence-electron chi connectivity index (χ3n) is 3.61. The van der Waals surface area contributed by atoms with Crippen LogP contribution in [-0.2, 0) is 9.53 Å². The van der Waals surface area contributed by atoms with Gasteiger partial charge in [-0.25, -0.2) is 0 Å². The molecule has 132 valence electrons. The van der Waals surface area contributed by atoms with Gasteiger partial charge in [0.15, 0.2) is 12.4 Å². The number of rotatable bonds is 7. The van der Waals surface area contributed by atoms with Crippen molar-refractivity contribution in [1.82, 2.24) is 4.98 Å². The highest BCUT2D eigenvalue weighted by molar-refractivity contribution is 8.00. The van der Waals surface area contributed by atoms with E-state index in [0.29, 0.717) is 27.5 Å². The van der Waals surface area contributed by atoms with Gasteiger partial charge < -0.3 is 9.72 Å². The first-order valence-electron chi connectivity index (χ1n) is 7.57. The van der Waals surface area contributed by atoms with Crippen LogP contribution in [0.25, 0.3) is 0 Å². The van der Waals surface area contributed by atoms with Gasteiger partial charge in [0.25, 0.3) is 0 Å². The van der Waals surface area contributed by atoms with Crippen molar-refractivity contribution in [2.75, 3.05) is 12.4 Å². The lowest BCUT2D eigenvalue weighted by atomic mass is 10.1. The van der Waals surface area contributed by atoms with E-state index in [-0.39, 0.29) is 23.9 Å². The number of ketones is 2. The Morgan fingerprint density at radius 3 is 2.48 bits per heavy atom. The van der Waals surface area contributed by atoms with E-state index in [1.165, 1.54) is 18.7 Å². The summed E-state index contributed by atoms with van der Waals surface area (Å²) >= 11 is 7.26. The molecule has 0 amide bonds. The zero-order valence-electron chi connectivity index (χ0n) is 14.1. The fraction of sp³-hybridized carbons (Fsp3) is 0.278. The van der Waals surface area contributed by atoms with Crippen molar-refractivity contribution in [2.45, 2.75) is 25.7 Å². The lowest BCUT2D eigenvalue weighted by molar-refractivity contribution is -0.139. The Morgan fingerprint density at radius 1 is 1.20 bits per heavy atom. The average molecular weight is 380 g/mol. The average Bonchev–Trinajstić information content (AvgIpc) is 2.86. The molecule has 0 spiro atoms. The number of halogens is 1. The molecule has 1 heterocycles. The molecule has 0 radical (unpaired) electrons. The number of Topliss-reactive ketones (excluding diaryl/α,β-unsaturated/α-hetero) is 2. The summed E-state index contributed by atoms with van der Waals surface area (Å²) in [5, 5.41) is 0.561. The number of carbonyl (C=O) groups excluding carboxylic acids is 3. The number of hydrogen-bond acceptors (Lipinski definition) is 5. The fourth-order valence-electron chi connectivity index (χ4n) is 2.52. The van der Waals surface area contributed by atoms with Crippen LogP contribution in [0.15, 0.2) is 29.2 Å². The van der Waals surface area contributed by atoms with Crippen LogP contribution in [0.3, 0.4) is 0 Å². The van der Waals surface area contributed by atoms with Gasteiger partial charge in [0.1, 0.15) is 0 Å². The first-order chi connectivity index (χ1) is 11.8. The van der Waals surface area contributed by atoms with E-state index in [4.69, 9.17) is 16.3 Å². The maximum atomic E-state index is 12.2. The maximum Gasteiger partial charge on any atom is 0.316 e. The molecular formula is C18H18ClNO4S. The quantitative estimate of drug-likeness (QED) is 0.447. The van der Waals surface area contributed by atoms with Gasteiger partial charge in [-0.1, -0.05) is 23.7 Å². The summed E-state index contributed by atoms with van der Waals surface area (Å²) in [5.41, 5.74) is 2.02. The van der Waals surface area contributed by atoms with Crippen molar-refractivity contribution in [2.24, 2.45) is 0 Å². The molecule has 0 aliphatic carbocycles. The molecule has 0 atom stereocenters. The Bertz CT molecular complexity index is 828. The van der Waals surface area contributed by atoms with Gasteiger partial charge in [-0.05, 0) is 38.5 Å². The zero-order chi connectivity index (χ0) is 18.6. The van der Waals surface area contributed by atoms with Gasteiger partial charge in [0.05, 0.1) is 16.5 Å². The maximum absolute atomic E-state index is 12.2. The highest BCUT2D eigenvalue weighted by Crippen LogP contribution is 2.26. The first kappa shape index (κ1) is 19.3. The Labute approximate surface area is 155 Å². The minimum Gasteiger partial charge on any atom is -0.457 e. The van der Waals surface area contributed by atoms with Gasteiger partial charge in [-0.2, -0.15) is 0 Å². The number of benzene rings is 1. The van der Waals surface area contributed by atoms with E-state index in [9.17, 15) is 14.4 Å². The number of hydrogen-bond donors (Lipinski definition) is 1. The second-order valence-corrected chi connectivity index (χ2v) is 6.91. The SMILES string of the molecule is CC(=O)c1c(C)[nH]c(C(=O)COC(=O)CSc2ccccc2Cl)c1C. The zero-order valence-corrected chi connectivity index (χ0v) is 15.7. The van der Waals surface area contributed by atoms with Crippen LogP contribution < -0.4 is 0 Å². The third kappa shape index (κ3) is 4.74. The van der Waals surface area contributed by atoms with E-state index < -0.39 is 5.97 Å². The number of esters is 1. The monoisotopic (exact) mass is 379 g/mol. The number of aryl methyl sites for hydroxylation is 1. The molecule has 0 aliphatic rings. The van der Waals surface area contributed by atoms with Crippen molar-refractivity contribution in [3.05, 3.63) is 51.8 Å². The van der Waals surface area contributed by atoms with E-state index in [2.05, 4.69) is 4.98 Å². The van der Waals surface area contributed by atoms with Crippen molar-refractivity contribution in [1.29, 1.82) is 0 Å². The Morgan fingerprint density at radius 2 is 1.88 bits per heavy atom. The van der Waals surface area contributed by atoms with E-state index in [1.807, 2.05) is 6.07 Å². The summed E-state index contributed by atoms with van der Waals surface area (Å²) in [6, 6.07) is 7.17. The minimum atomic E-state index is -0.508. The predicted octanol–water partition coefficient (Wildman–Crippen LogP) is 4.01. The summed E-state index contributed by atoms with van der Waals surface area (Å²) in [6.45, 7) is 4.50. The summed E-state index contributed by atoms with van der Waals surface area (Å²) < 4.78 is 5.03. The number of aromatic nitrogens is 1. The van der Waals surface area contributed by atoms with Crippen LogP contribution in [-0.4, -0.2) is 34.9 Å². The number of thioether (sulfide) groups is 1. The van der Waals surface area contributed by atoms with Gasteiger partial charge in [0, 0.05) is 16.2 Å². The van der Waals surface area contributed by atoms with E-state index >= 15 is 0 Å². The van der Waals surface area contributed by atoms with Crippen molar-refractivity contribution < 1.29 is 19.1 Å². The Balaban J connectivity index is 1.92.